The average Bonchev–Trinajstić information content (AvgIpc) is 3.14. The van der Waals surface area contributed by atoms with E-state index in [1.165, 1.54) is 11.1 Å². The highest BCUT2D eigenvalue weighted by molar-refractivity contribution is 5.96. The third-order valence-electron chi connectivity index (χ3n) is 6.03. The summed E-state index contributed by atoms with van der Waals surface area (Å²) in [6.07, 6.45) is 6.85. The van der Waals surface area contributed by atoms with E-state index in [0.717, 1.165) is 57.2 Å². The Balaban J connectivity index is 1.63. The summed E-state index contributed by atoms with van der Waals surface area (Å²) in [6, 6.07) is 5.89. The van der Waals surface area contributed by atoms with Crippen LogP contribution >= 0.6 is 0 Å². The molecular formula is C21H31N3O2. The van der Waals surface area contributed by atoms with Crippen LogP contribution in [0.3, 0.4) is 0 Å². The van der Waals surface area contributed by atoms with Crippen molar-refractivity contribution >= 4 is 17.5 Å². The average molecular weight is 357 g/mol. The zero-order chi connectivity index (χ0) is 18.6. The van der Waals surface area contributed by atoms with Gasteiger partial charge in [-0.2, -0.15) is 0 Å². The lowest BCUT2D eigenvalue weighted by Gasteiger charge is -2.30. The van der Waals surface area contributed by atoms with Crippen LogP contribution in [0.25, 0.3) is 0 Å². The Kier molecular flexibility index (Phi) is 5.97. The lowest BCUT2D eigenvalue weighted by Crippen LogP contribution is -2.51. The molecule has 1 heterocycles. The van der Waals surface area contributed by atoms with Crippen molar-refractivity contribution < 1.29 is 9.59 Å². The molecule has 26 heavy (non-hydrogen) atoms. The first-order valence-corrected chi connectivity index (χ1v) is 9.90. The van der Waals surface area contributed by atoms with Gasteiger partial charge in [0.25, 0.3) is 0 Å². The molecule has 0 radical (unpaired) electrons. The van der Waals surface area contributed by atoms with E-state index in [0.29, 0.717) is 6.54 Å². The second-order valence-electron chi connectivity index (χ2n) is 7.96. The van der Waals surface area contributed by atoms with Gasteiger partial charge in [0.15, 0.2) is 0 Å². The van der Waals surface area contributed by atoms with Gasteiger partial charge >= 0.3 is 0 Å². The van der Waals surface area contributed by atoms with Gasteiger partial charge in [-0.25, -0.2) is 0 Å². The number of rotatable bonds is 5. The molecule has 0 aromatic heterocycles. The maximum absolute atomic E-state index is 13.0. The second kappa shape index (κ2) is 8.21. The van der Waals surface area contributed by atoms with Crippen molar-refractivity contribution in [3.63, 3.8) is 0 Å². The van der Waals surface area contributed by atoms with E-state index in [-0.39, 0.29) is 17.9 Å². The van der Waals surface area contributed by atoms with E-state index < -0.39 is 5.41 Å². The molecule has 2 aliphatic rings. The number of hydrogen-bond acceptors (Lipinski definition) is 3. The molecule has 3 N–H and O–H groups in total. The first kappa shape index (κ1) is 18.9. The normalized spacial score (nSPS) is 22.0. The zero-order valence-corrected chi connectivity index (χ0v) is 16.0. The summed E-state index contributed by atoms with van der Waals surface area (Å²) in [4.78, 5) is 25.5. The summed E-state index contributed by atoms with van der Waals surface area (Å²) < 4.78 is 0. The molecule has 5 heteroatoms. The first-order chi connectivity index (χ1) is 12.5. The van der Waals surface area contributed by atoms with Crippen LogP contribution < -0.4 is 16.0 Å². The fraction of sp³-hybridized carbons (Fsp3) is 0.619. The number of hydrogen-bond donors (Lipinski definition) is 3. The van der Waals surface area contributed by atoms with Crippen LogP contribution in [-0.2, 0) is 9.59 Å². The van der Waals surface area contributed by atoms with Crippen LogP contribution in [0.2, 0.25) is 0 Å². The predicted octanol–water partition coefficient (Wildman–Crippen LogP) is 3.06. The van der Waals surface area contributed by atoms with Gasteiger partial charge < -0.3 is 16.0 Å². The lowest BCUT2D eigenvalue weighted by atomic mass is 9.84. The Morgan fingerprint density at radius 2 is 1.88 bits per heavy atom. The van der Waals surface area contributed by atoms with Crippen molar-refractivity contribution in [2.45, 2.75) is 64.8 Å². The molecule has 1 aromatic carbocycles. The largest absolute Gasteiger partial charge is 0.354 e. The number of nitrogens with one attached hydrogen (secondary N) is 3. The SMILES string of the molecule is Cc1ccc(NC(=O)C2(CNC(=O)C3CCCCN3)CCCC2)cc1C. The number of amides is 2. The molecule has 3 rings (SSSR count). The Morgan fingerprint density at radius 3 is 2.54 bits per heavy atom. The molecule has 1 saturated carbocycles. The molecule has 0 spiro atoms. The molecule has 5 nitrogen and oxygen atoms in total. The lowest BCUT2D eigenvalue weighted by molar-refractivity contribution is -0.127. The van der Waals surface area contributed by atoms with E-state index in [9.17, 15) is 9.59 Å². The summed E-state index contributed by atoms with van der Waals surface area (Å²) in [5.74, 6) is 0.0742. The van der Waals surface area contributed by atoms with E-state index in [1.807, 2.05) is 25.1 Å². The maximum atomic E-state index is 13.0. The minimum absolute atomic E-state index is 0.0370. The van der Waals surface area contributed by atoms with Gasteiger partial charge in [0.05, 0.1) is 11.5 Å². The van der Waals surface area contributed by atoms with E-state index in [1.54, 1.807) is 0 Å². The minimum Gasteiger partial charge on any atom is -0.354 e. The van der Waals surface area contributed by atoms with Crippen molar-refractivity contribution in [3.05, 3.63) is 29.3 Å². The van der Waals surface area contributed by atoms with Crippen molar-refractivity contribution in [1.29, 1.82) is 0 Å². The molecule has 1 aliphatic carbocycles. The van der Waals surface area contributed by atoms with E-state index in [4.69, 9.17) is 0 Å². The monoisotopic (exact) mass is 357 g/mol. The number of piperidine rings is 1. The van der Waals surface area contributed by atoms with Crippen LogP contribution in [0, 0.1) is 19.3 Å². The highest BCUT2D eigenvalue weighted by Crippen LogP contribution is 2.38. The predicted molar refractivity (Wildman–Crippen MR) is 104 cm³/mol. The number of carbonyl (C=O) groups excluding carboxylic acids is 2. The van der Waals surface area contributed by atoms with E-state index in [2.05, 4.69) is 22.9 Å². The van der Waals surface area contributed by atoms with Crippen molar-refractivity contribution in [1.82, 2.24) is 10.6 Å². The Hall–Kier alpha value is -1.88. The smallest absolute Gasteiger partial charge is 0.237 e. The number of aryl methyl sites for hydroxylation is 2. The first-order valence-electron chi connectivity index (χ1n) is 9.90. The summed E-state index contributed by atoms with van der Waals surface area (Å²) in [5, 5.41) is 9.42. The van der Waals surface area contributed by atoms with Crippen molar-refractivity contribution in [2.75, 3.05) is 18.4 Å². The van der Waals surface area contributed by atoms with Crippen LogP contribution in [0.4, 0.5) is 5.69 Å². The van der Waals surface area contributed by atoms with Crippen molar-refractivity contribution in [2.24, 2.45) is 5.41 Å². The number of benzene rings is 1. The Labute approximate surface area is 156 Å². The minimum atomic E-state index is -0.483. The van der Waals surface area contributed by atoms with Gasteiger partial charge in [-0.1, -0.05) is 25.3 Å². The van der Waals surface area contributed by atoms with Crippen molar-refractivity contribution in [3.8, 4) is 0 Å². The molecule has 142 valence electrons. The molecular weight excluding hydrogens is 326 g/mol. The van der Waals surface area contributed by atoms with Gasteiger partial charge in [-0.15, -0.1) is 0 Å². The number of carbonyl (C=O) groups is 2. The summed E-state index contributed by atoms with van der Waals surface area (Å²) in [5.41, 5.74) is 2.73. The molecule has 1 saturated heterocycles. The summed E-state index contributed by atoms with van der Waals surface area (Å²) in [6.45, 7) is 5.44. The van der Waals surface area contributed by atoms with Crippen LogP contribution in [0.1, 0.15) is 56.1 Å². The second-order valence-corrected chi connectivity index (χ2v) is 7.96. The Bertz CT molecular complexity index is 659. The molecule has 1 aliphatic heterocycles. The molecule has 0 bridgehead atoms. The fourth-order valence-electron chi connectivity index (χ4n) is 4.07. The third-order valence-corrected chi connectivity index (χ3v) is 6.03. The highest BCUT2D eigenvalue weighted by Gasteiger charge is 2.41. The molecule has 1 unspecified atom stereocenters. The standard InChI is InChI=1S/C21H31N3O2/c1-15-8-9-17(13-16(15)2)24-20(26)21(10-4-5-11-21)14-23-19(25)18-7-3-6-12-22-18/h8-9,13,18,22H,3-7,10-12,14H2,1-2H3,(H,23,25)(H,24,26). The van der Waals surface area contributed by atoms with Crippen LogP contribution in [0.5, 0.6) is 0 Å². The third kappa shape index (κ3) is 4.26. The van der Waals surface area contributed by atoms with E-state index >= 15 is 0 Å². The van der Waals surface area contributed by atoms with Crippen LogP contribution in [0.15, 0.2) is 18.2 Å². The van der Waals surface area contributed by atoms with Crippen LogP contribution in [-0.4, -0.2) is 30.9 Å². The fourth-order valence-corrected chi connectivity index (χ4v) is 4.07. The molecule has 2 amide bonds. The van der Waals surface area contributed by atoms with Gasteiger partial charge in [0.2, 0.25) is 11.8 Å². The Morgan fingerprint density at radius 1 is 1.12 bits per heavy atom. The summed E-state index contributed by atoms with van der Waals surface area (Å²) in [7, 11) is 0. The number of anilines is 1. The summed E-state index contributed by atoms with van der Waals surface area (Å²) >= 11 is 0. The quantitative estimate of drug-likeness (QED) is 0.758. The van der Waals surface area contributed by atoms with Gasteiger partial charge in [-0.3, -0.25) is 9.59 Å². The molecule has 1 aromatic rings. The zero-order valence-electron chi connectivity index (χ0n) is 16.0. The van der Waals surface area contributed by atoms with Gasteiger partial charge in [-0.05, 0) is 69.3 Å². The van der Waals surface area contributed by atoms with Gasteiger partial charge in [0.1, 0.15) is 0 Å². The topological polar surface area (TPSA) is 70.2 Å². The highest BCUT2D eigenvalue weighted by atomic mass is 16.2. The molecule has 1 atom stereocenters. The molecule has 2 fully saturated rings. The maximum Gasteiger partial charge on any atom is 0.237 e. The van der Waals surface area contributed by atoms with Gasteiger partial charge in [0, 0.05) is 12.2 Å².